The van der Waals surface area contributed by atoms with Gasteiger partial charge in [0, 0.05) is 16.1 Å². The molecule has 1 aliphatic heterocycles. The fourth-order valence-electron chi connectivity index (χ4n) is 3.78. The zero-order valence-electron chi connectivity index (χ0n) is 19.2. The number of nitrogens with one attached hydrogen (secondary N) is 2. The van der Waals surface area contributed by atoms with E-state index >= 15 is 0 Å². The van der Waals surface area contributed by atoms with E-state index in [0.29, 0.717) is 45.7 Å². The van der Waals surface area contributed by atoms with Gasteiger partial charge >= 0.3 is 0 Å². The molecule has 2 N–H and O–H groups in total. The molecule has 0 bridgehead atoms. The van der Waals surface area contributed by atoms with Crippen LogP contribution in [0.2, 0.25) is 0 Å². The minimum absolute atomic E-state index is 0.0636. The average molecular weight is 500 g/mol. The van der Waals surface area contributed by atoms with Crippen molar-refractivity contribution in [1.82, 2.24) is 10.1 Å². The minimum atomic E-state index is -0.298. The van der Waals surface area contributed by atoms with Gasteiger partial charge in [-0.2, -0.15) is 4.98 Å². The Hall–Kier alpha value is -4.44. The van der Waals surface area contributed by atoms with Crippen LogP contribution in [0, 0.1) is 6.92 Å². The maximum Gasteiger partial charge on any atom is 0.258 e. The predicted molar refractivity (Wildman–Crippen MR) is 136 cm³/mol. The summed E-state index contributed by atoms with van der Waals surface area (Å²) in [6, 6.07) is 21.0. The maximum absolute atomic E-state index is 13.1. The second-order valence-corrected chi connectivity index (χ2v) is 9.03. The summed E-state index contributed by atoms with van der Waals surface area (Å²) in [6.07, 6.45) is 0. The topological polar surface area (TPSA) is 117 Å². The number of thioether (sulfide) groups is 1. The molecule has 5 rings (SSSR count). The van der Waals surface area contributed by atoms with Crippen molar-refractivity contribution in [1.29, 1.82) is 0 Å². The van der Waals surface area contributed by atoms with Crippen LogP contribution in [0.4, 0.5) is 17.1 Å². The van der Waals surface area contributed by atoms with Crippen molar-refractivity contribution >= 4 is 46.5 Å². The first-order valence-electron chi connectivity index (χ1n) is 11.1. The van der Waals surface area contributed by atoms with Gasteiger partial charge in [-0.3, -0.25) is 19.3 Å². The number of aryl methyl sites for hydroxylation is 1. The molecule has 3 amide bonds. The van der Waals surface area contributed by atoms with Gasteiger partial charge in [0.15, 0.2) is 5.82 Å². The molecule has 0 radical (unpaired) electrons. The summed E-state index contributed by atoms with van der Waals surface area (Å²) in [4.78, 5) is 44.6. The molecule has 180 valence electrons. The van der Waals surface area contributed by atoms with Gasteiger partial charge < -0.3 is 15.2 Å². The van der Waals surface area contributed by atoms with E-state index < -0.39 is 0 Å². The predicted octanol–water partition coefficient (Wildman–Crippen LogP) is 4.52. The molecule has 2 heterocycles. The second-order valence-electron chi connectivity index (χ2n) is 8.01. The Labute approximate surface area is 210 Å². The molecule has 0 fully saturated rings. The quantitative estimate of drug-likeness (QED) is 0.375. The van der Waals surface area contributed by atoms with Gasteiger partial charge in [-0.15, -0.1) is 11.8 Å². The number of carbonyl (C=O) groups excluding carboxylic acids is 3. The Morgan fingerprint density at radius 1 is 1.06 bits per heavy atom. The molecule has 4 aromatic rings. The van der Waals surface area contributed by atoms with E-state index in [1.54, 1.807) is 61.5 Å². The molecule has 3 aromatic carbocycles. The Balaban J connectivity index is 1.28. The fourth-order valence-corrected chi connectivity index (χ4v) is 4.67. The lowest BCUT2D eigenvalue weighted by Crippen LogP contribution is -2.42. The third kappa shape index (κ3) is 4.98. The highest BCUT2D eigenvalue weighted by atomic mass is 32.2. The number of fused-ring (bicyclic) bond motifs is 1. The zero-order valence-corrected chi connectivity index (χ0v) is 20.0. The number of amides is 3. The molecule has 0 unspecified atom stereocenters. The van der Waals surface area contributed by atoms with Crippen molar-refractivity contribution in [2.75, 3.05) is 22.1 Å². The summed E-state index contributed by atoms with van der Waals surface area (Å²) in [6.45, 7) is 1.69. The Morgan fingerprint density at radius 2 is 1.81 bits per heavy atom. The van der Waals surface area contributed by atoms with Crippen LogP contribution in [0.15, 0.2) is 82.2 Å². The largest absolute Gasteiger partial charge is 0.338 e. The number of aromatic nitrogens is 2. The molecular formula is C26H21N5O4S. The molecule has 0 saturated heterocycles. The third-order valence-corrected chi connectivity index (χ3v) is 6.52. The lowest BCUT2D eigenvalue weighted by Gasteiger charge is -2.29. The summed E-state index contributed by atoms with van der Waals surface area (Å²) >= 11 is 1.43. The molecule has 10 heteroatoms. The van der Waals surface area contributed by atoms with Gasteiger partial charge in [-0.1, -0.05) is 29.4 Å². The van der Waals surface area contributed by atoms with Crippen molar-refractivity contribution in [3.63, 3.8) is 0 Å². The molecule has 9 nitrogen and oxygen atoms in total. The smallest absolute Gasteiger partial charge is 0.258 e. The van der Waals surface area contributed by atoms with Crippen LogP contribution in [0.25, 0.3) is 0 Å². The summed E-state index contributed by atoms with van der Waals surface area (Å²) < 4.78 is 5.15. The first-order valence-corrected chi connectivity index (χ1v) is 12.1. The van der Waals surface area contributed by atoms with Crippen LogP contribution in [-0.2, 0) is 10.5 Å². The zero-order chi connectivity index (χ0) is 25.1. The molecule has 0 saturated carbocycles. The van der Waals surface area contributed by atoms with Crippen molar-refractivity contribution in [2.45, 2.75) is 17.6 Å². The monoisotopic (exact) mass is 499 g/mol. The van der Waals surface area contributed by atoms with Gasteiger partial charge in [0.1, 0.15) is 6.54 Å². The highest BCUT2D eigenvalue weighted by molar-refractivity contribution is 7.98. The third-order valence-electron chi connectivity index (χ3n) is 5.46. The number of hydrogen-bond donors (Lipinski definition) is 2. The van der Waals surface area contributed by atoms with Crippen LogP contribution < -0.4 is 15.5 Å². The fraction of sp³-hybridized carbons (Fsp3) is 0.115. The Morgan fingerprint density at radius 3 is 2.58 bits per heavy atom. The molecule has 0 spiro atoms. The van der Waals surface area contributed by atoms with Gasteiger partial charge in [0.2, 0.25) is 11.8 Å². The molecular weight excluding hydrogens is 478 g/mol. The Kier molecular flexibility index (Phi) is 6.50. The number of nitrogens with zero attached hydrogens (tertiary/aromatic N) is 3. The number of benzene rings is 3. The molecule has 1 aliphatic rings. The van der Waals surface area contributed by atoms with Crippen LogP contribution in [0.5, 0.6) is 0 Å². The van der Waals surface area contributed by atoms with Crippen LogP contribution >= 0.6 is 11.8 Å². The van der Waals surface area contributed by atoms with Gasteiger partial charge in [0.25, 0.3) is 11.8 Å². The number of rotatable bonds is 6. The lowest BCUT2D eigenvalue weighted by atomic mass is 10.1. The number of carbonyl (C=O) groups is 3. The Bertz CT molecular complexity index is 1450. The van der Waals surface area contributed by atoms with Gasteiger partial charge in [-0.25, -0.2) is 0 Å². The second kappa shape index (κ2) is 10.0. The van der Waals surface area contributed by atoms with Gasteiger partial charge in [-0.05, 0) is 55.5 Å². The highest BCUT2D eigenvalue weighted by Crippen LogP contribution is 2.30. The van der Waals surface area contributed by atoms with Crippen molar-refractivity contribution in [3.05, 3.63) is 95.6 Å². The summed E-state index contributed by atoms with van der Waals surface area (Å²) in [7, 11) is 0. The maximum atomic E-state index is 13.1. The normalized spacial score (nSPS) is 12.6. The highest BCUT2D eigenvalue weighted by Gasteiger charge is 2.27. The molecule has 1 aromatic heterocycles. The van der Waals surface area contributed by atoms with Crippen molar-refractivity contribution in [3.8, 4) is 0 Å². The SMILES string of the molecule is Cc1noc(CSc2ccccc2C(=O)Nc2ccc(C(=O)N3CC(=O)Nc4ccccc43)cc2)n1. The summed E-state index contributed by atoms with van der Waals surface area (Å²) in [5.41, 5.74) is 2.69. The van der Waals surface area contributed by atoms with E-state index in [4.69, 9.17) is 4.52 Å². The number of hydrogen-bond acceptors (Lipinski definition) is 7. The van der Waals surface area contributed by atoms with E-state index in [1.807, 2.05) is 18.2 Å². The van der Waals surface area contributed by atoms with E-state index in [2.05, 4.69) is 20.8 Å². The van der Waals surface area contributed by atoms with Crippen LogP contribution in [0.3, 0.4) is 0 Å². The van der Waals surface area contributed by atoms with Crippen molar-refractivity contribution in [2.24, 2.45) is 0 Å². The number of anilines is 3. The van der Waals surface area contributed by atoms with Gasteiger partial charge in [0.05, 0.1) is 22.7 Å². The van der Waals surface area contributed by atoms with E-state index in [9.17, 15) is 14.4 Å². The summed E-state index contributed by atoms with van der Waals surface area (Å²) in [5.74, 6) is 0.665. The minimum Gasteiger partial charge on any atom is -0.338 e. The molecule has 0 aliphatic carbocycles. The van der Waals surface area contributed by atoms with E-state index in [-0.39, 0.29) is 24.3 Å². The standard InChI is InChI=1S/C26H21N5O4S/c1-16-27-24(35-30-16)15-36-22-9-5-2-6-19(22)25(33)28-18-12-10-17(11-13-18)26(34)31-14-23(32)29-20-7-3-4-8-21(20)31/h2-13H,14-15H2,1H3,(H,28,33)(H,29,32). The average Bonchev–Trinajstić information content (AvgIpc) is 3.32. The van der Waals surface area contributed by atoms with Crippen LogP contribution in [0.1, 0.15) is 32.4 Å². The van der Waals surface area contributed by atoms with Crippen LogP contribution in [-0.4, -0.2) is 34.4 Å². The summed E-state index contributed by atoms with van der Waals surface area (Å²) in [5, 5.41) is 9.43. The van der Waals surface area contributed by atoms with E-state index in [0.717, 1.165) is 4.90 Å². The van der Waals surface area contributed by atoms with Crippen molar-refractivity contribution < 1.29 is 18.9 Å². The first kappa shape index (κ1) is 23.3. The number of para-hydroxylation sites is 2. The molecule has 36 heavy (non-hydrogen) atoms. The van der Waals surface area contributed by atoms with E-state index in [1.165, 1.54) is 16.7 Å². The molecule has 0 atom stereocenters. The lowest BCUT2D eigenvalue weighted by molar-refractivity contribution is -0.115. The first-order chi connectivity index (χ1) is 17.5.